The van der Waals surface area contributed by atoms with Gasteiger partial charge >= 0.3 is 11.9 Å². The second kappa shape index (κ2) is 7.41. The van der Waals surface area contributed by atoms with Crippen LogP contribution < -0.4 is 4.74 Å². The first-order valence-corrected chi connectivity index (χ1v) is 6.03. The molecule has 0 radical (unpaired) electrons. The molecule has 0 spiro atoms. The fraction of sp³-hybridized carbons (Fsp3) is 0.429. The van der Waals surface area contributed by atoms with Crippen LogP contribution in [0.1, 0.15) is 29.3 Å². The van der Waals surface area contributed by atoms with Crippen LogP contribution in [0.2, 0.25) is 0 Å². The minimum atomic E-state index is -0.385. The van der Waals surface area contributed by atoms with Crippen molar-refractivity contribution < 1.29 is 23.8 Å². The van der Waals surface area contributed by atoms with Gasteiger partial charge in [-0.3, -0.25) is 4.79 Å². The number of hydrogen-bond donors (Lipinski definition) is 0. The zero-order chi connectivity index (χ0) is 14.3. The molecule has 0 bridgehead atoms. The summed E-state index contributed by atoms with van der Waals surface area (Å²) in [6.45, 7) is 2.07. The summed E-state index contributed by atoms with van der Waals surface area (Å²) >= 11 is 0. The van der Waals surface area contributed by atoms with Crippen molar-refractivity contribution in [3.8, 4) is 5.75 Å². The summed E-state index contributed by atoms with van der Waals surface area (Å²) in [7, 11) is 2.88. The van der Waals surface area contributed by atoms with E-state index >= 15 is 0 Å². The predicted octanol–water partition coefficient (Wildman–Crippen LogP) is 1.98. The summed E-state index contributed by atoms with van der Waals surface area (Å²) < 4.78 is 14.7. The molecule has 0 fully saturated rings. The molecule has 0 amide bonds. The van der Waals surface area contributed by atoms with Gasteiger partial charge in [-0.15, -0.1) is 0 Å². The molecule has 0 aliphatic rings. The zero-order valence-electron chi connectivity index (χ0n) is 11.4. The van der Waals surface area contributed by atoms with Gasteiger partial charge in [0.25, 0.3) is 0 Å². The molecule has 0 aliphatic carbocycles. The van der Waals surface area contributed by atoms with Crippen LogP contribution in [0.3, 0.4) is 0 Å². The first-order chi connectivity index (χ1) is 9.12. The van der Waals surface area contributed by atoms with Gasteiger partial charge in [0.1, 0.15) is 5.75 Å². The largest absolute Gasteiger partial charge is 0.496 e. The first-order valence-electron chi connectivity index (χ1n) is 6.03. The third-order valence-electron chi connectivity index (χ3n) is 2.62. The Morgan fingerprint density at radius 1 is 1.21 bits per heavy atom. The molecule has 0 atom stereocenters. The van der Waals surface area contributed by atoms with Crippen molar-refractivity contribution >= 4 is 11.9 Å². The Labute approximate surface area is 112 Å². The van der Waals surface area contributed by atoms with E-state index in [9.17, 15) is 9.59 Å². The normalized spacial score (nSPS) is 9.84. The second-order valence-corrected chi connectivity index (χ2v) is 3.82. The monoisotopic (exact) mass is 266 g/mol. The number of rotatable bonds is 6. The number of carbonyl (C=O) groups is 2. The quantitative estimate of drug-likeness (QED) is 0.737. The molecule has 0 saturated carbocycles. The number of benzene rings is 1. The van der Waals surface area contributed by atoms with Crippen molar-refractivity contribution in [1.29, 1.82) is 0 Å². The summed E-state index contributed by atoms with van der Waals surface area (Å²) in [5.74, 6) is -0.0509. The lowest BCUT2D eigenvalue weighted by Crippen LogP contribution is -2.07. The third-order valence-corrected chi connectivity index (χ3v) is 2.62. The van der Waals surface area contributed by atoms with Gasteiger partial charge in [-0.1, -0.05) is 0 Å². The zero-order valence-corrected chi connectivity index (χ0v) is 11.4. The van der Waals surface area contributed by atoms with Crippen molar-refractivity contribution in [2.24, 2.45) is 0 Å². The minimum absolute atomic E-state index is 0.235. The van der Waals surface area contributed by atoms with Crippen LogP contribution in [0.4, 0.5) is 0 Å². The van der Waals surface area contributed by atoms with E-state index in [0.29, 0.717) is 24.3 Å². The number of esters is 2. The molecule has 5 heteroatoms. The Balaban J connectivity index is 2.89. The molecule has 0 unspecified atom stereocenters. The highest BCUT2D eigenvalue weighted by Gasteiger charge is 2.12. The van der Waals surface area contributed by atoms with E-state index in [0.717, 1.165) is 5.56 Å². The third kappa shape index (κ3) is 4.28. The van der Waals surface area contributed by atoms with Crippen LogP contribution in [-0.2, 0) is 20.7 Å². The fourth-order valence-corrected chi connectivity index (χ4v) is 1.65. The predicted molar refractivity (Wildman–Crippen MR) is 69.3 cm³/mol. The van der Waals surface area contributed by atoms with Crippen LogP contribution >= 0.6 is 0 Å². The highest BCUT2D eigenvalue weighted by Crippen LogP contribution is 2.22. The van der Waals surface area contributed by atoms with E-state index in [4.69, 9.17) is 9.47 Å². The van der Waals surface area contributed by atoms with Crippen LogP contribution in [0.15, 0.2) is 18.2 Å². The van der Waals surface area contributed by atoms with Crippen LogP contribution in [0, 0.1) is 0 Å². The van der Waals surface area contributed by atoms with E-state index in [2.05, 4.69) is 4.74 Å². The minimum Gasteiger partial charge on any atom is -0.496 e. The van der Waals surface area contributed by atoms with E-state index in [1.807, 2.05) is 0 Å². The lowest BCUT2D eigenvalue weighted by Gasteiger charge is -2.10. The van der Waals surface area contributed by atoms with E-state index in [1.54, 1.807) is 32.2 Å². The van der Waals surface area contributed by atoms with Crippen molar-refractivity contribution in [3.63, 3.8) is 0 Å². The Morgan fingerprint density at radius 2 is 1.95 bits per heavy atom. The van der Waals surface area contributed by atoms with E-state index in [1.165, 1.54) is 7.11 Å². The van der Waals surface area contributed by atoms with Crippen molar-refractivity contribution in [3.05, 3.63) is 29.3 Å². The molecule has 0 aliphatic heterocycles. The molecule has 0 N–H and O–H groups in total. The van der Waals surface area contributed by atoms with Gasteiger partial charge < -0.3 is 14.2 Å². The van der Waals surface area contributed by atoms with Gasteiger partial charge in [0.15, 0.2) is 0 Å². The molecule has 1 aromatic carbocycles. The fourth-order valence-electron chi connectivity index (χ4n) is 1.65. The smallest absolute Gasteiger partial charge is 0.338 e. The van der Waals surface area contributed by atoms with Crippen molar-refractivity contribution in [1.82, 2.24) is 0 Å². The average molecular weight is 266 g/mol. The Bertz CT molecular complexity index is 453. The number of methoxy groups -OCH3 is 2. The highest BCUT2D eigenvalue weighted by molar-refractivity contribution is 5.89. The summed E-state index contributed by atoms with van der Waals surface area (Å²) in [5.41, 5.74) is 1.22. The number of carbonyl (C=O) groups excluding carboxylic acids is 2. The molecule has 0 saturated heterocycles. The molecular formula is C14H18O5. The van der Waals surface area contributed by atoms with Gasteiger partial charge in [0.05, 0.1) is 26.4 Å². The van der Waals surface area contributed by atoms with Crippen LogP contribution in [0.5, 0.6) is 5.75 Å². The Hall–Kier alpha value is -2.04. The van der Waals surface area contributed by atoms with Gasteiger partial charge in [0.2, 0.25) is 0 Å². The number of hydrogen-bond acceptors (Lipinski definition) is 5. The summed E-state index contributed by atoms with van der Waals surface area (Å²) in [6, 6.07) is 5.01. The lowest BCUT2D eigenvalue weighted by molar-refractivity contribution is -0.140. The van der Waals surface area contributed by atoms with Gasteiger partial charge in [-0.25, -0.2) is 4.79 Å². The molecule has 0 aromatic heterocycles. The maximum absolute atomic E-state index is 11.6. The summed E-state index contributed by atoms with van der Waals surface area (Å²) in [6.07, 6.45) is 0.683. The average Bonchev–Trinajstić information content (AvgIpc) is 2.44. The summed E-state index contributed by atoms with van der Waals surface area (Å²) in [5, 5.41) is 0. The van der Waals surface area contributed by atoms with Crippen molar-refractivity contribution in [2.45, 2.75) is 19.8 Å². The van der Waals surface area contributed by atoms with E-state index in [-0.39, 0.29) is 18.4 Å². The van der Waals surface area contributed by atoms with Crippen LogP contribution in [-0.4, -0.2) is 32.8 Å². The number of aryl methyl sites for hydroxylation is 1. The molecule has 104 valence electrons. The second-order valence-electron chi connectivity index (χ2n) is 3.82. The lowest BCUT2D eigenvalue weighted by atomic mass is 10.0. The molecule has 0 heterocycles. The maximum Gasteiger partial charge on any atom is 0.338 e. The van der Waals surface area contributed by atoms with Gasteiger partial charge in [0, 0.05) is 6.42 Å². The Morgan fingerprint density at radius 3 is 2.53 bits per heavy atom. The number of ether oxygens (including phenoxy) is 3. The molecule has 5 nitrogen and oxygen atoms in total. The SMILES string of the molecule is CCOC(=O)c1ccc(OC)c(CCC(=O)OC)c1. The van der Waals surface area contributed by atoms with Gasteiger partial charge in [-0.05, 0) is 37.1 Å². The summed E-state index contributed by atoms with van der Waals surface area (Å²) in [4.78, 5) is 22.8. The molecule has 1 aromatic rings. The van der Waals surface area contributed by atoms with Crippen LogP contribution in [0.25, 0.3) is 0 Å². The highest BCUT2D eigenvalue weighted by atomic mass is 16.5. The molecule has 19 heavy (non-hydrogen) atoms. The Kier molecular flexibility index (Phi) is 5.85. The van der Waals surface area contributed by atoms with E-state index < -0.39 is 0 Å². The molecule has 1 rings (SSSR count). The van der Waals surface area contributed by atoms with Crippen molar-refractivity contribution in [2.75, 3.05) is 20.8 Å². The topological polar surface area (TPSA) is 61.8 Å². The van der Waals surface area contributed by atoms with Gasteiger partial charge in [-0.2, -0.15) is 0 Å². The first kappa shape index (κ1) is 15.0. The standard InChI is InChI=1S/C14H18O5/c1-4-19-14(16)11-5-7-12(17-2)10(9-11)6-8-13(15)18-3/h5,7,9H,4,6,8H2,1-3H3. The maximum atomic E-state index is 11.6. The molecular weight excluding hydrogens is 248 g/mol.